The number of anilines is 1. The van der Waals surface area contributed by atoms with Crippen LogP contribution in [0.25, 0.3) is 32.3 Å². The molecule has 2 aromatic carbocycles. The summed E-state index contributed by atoms with van der Waals surface area (Å²) in [6, 6.07) is 17.2. The van der Waals surface area contributed by atoms with Gasteiger partial charge in [-0.15, -0.1) is 11.3 Å². The molecule has 0 unspecified atom stereocenters. The molecule has 0 aliphatic heterocycles. The molecule has 8 heteroatoms. The van der Waals surface area contributed by atoms with Crippen molar-refractivity contribution < 1.29 is 4.42 Å². The fraction of sp³-hybridized carbons (Fsp3) is 0.154. The van der Waals surface area contributed by atoms with Gasteiger partial charge in [-0.05, 0) is 37.6 Å². The van der Waals surface area contributed by atoms with E-state index in [1.54, 1.807) is 6.07 Å². The van der Waals surface area contributed by atoms with Crippen LogP contribution in [-0.2, 0) is 0 Å². The first-order valence-electron chi connectivity index (χ1n) is 11.0. The van der Waals surface area contributed by atoms with Gasteiger partial charge in [0, 0.05) is 41.2 Å². The summed E-state index contributed by atoms with van der Waals surface area (Å²) in [5, 5.41) is 7.44. The van der Waals surface area contributed by atoms with E-state index in [1.165, 1.54) is 23.9 Å². The first-order chi connectivity index (χ1) is 16.6. The van der Waals surface area contributed by atoms with Crippen molar-refractivity contribution in [3.05, 3.63) is 92.6 Å². The zero-order valence-electron chi connectivity index (χ0n) is 18.8. The van der Waals surface area contributed by atoms with E-state index in [-0.39, 0.29) is 11.1 Å². The molecule has 170 valence electrons. The Kier molecular flexibility index (Phi) is 5.81. The van der Waals surface area contributed by atoms with Gasteiger partial charge in [0.25, 0.3) is 5.56 Å². The molecule has 3 heterocycles. The van der Waals surface area contributed by atoms with Crippen LogP contribution in [-0.4, -0.2) is 29.0 Å². The van der Waals surface area contributed by atoms with Gasteiger partial charge in [0.1, 0.15) is 16.7 Å². The molecule has 0 atom stereocenters. The minimum Gasteiger partial charge on any atom is -0.422 e. The van der Waals surface area contributed by atoms with E-state index in [1.807, 2.05) is 53.9 Å². The van der Waals surface area contributed by atoms with Crippen molar-refractivity contribution in [2.24, 2.45) is 5.10 Å². The Balaban J connectivity index is 1.53. The van der Waals surface area contributed by atoms with Crippen molar-refractivity contribution in [1.82, 2.24) is 9.66 Å². The second-order valence-electron chi connectivity index (χ2n) is 7.72. The number of aromatic nitrogens is 2. The zero-order chi connectivity index (χ0) is 23.7. The summed E-state index contributed by atoms with van der Waals surface area (Å²) in [4.78, 5) is 33.0. The van der Waals surface area contributed by atoms with Gasteiger partial charge in [-0.25, -0.2) is 9.78 Å². The highest BCUT2D eigenvalue weighted by molar-refractivity contribution is 7.17. The minimum absolute atomic E-state index is 0.253. The highest BCUT2D eigenvalue weighted by Gasteiger charge is 2.13. The van der Waals surface area contributed by atoms with Gasteiger partial charge in [-0.2, -0.15) is 9.78 Å². The third-order valence-electron chi connectivity index (χ3n) is 5.76. The average molecular weight is 471 g/mol. The predicted octanol–water partition coefficient (Wildman–Crippen LogP) is 4.96. The molecule has 0 aliphatic carbocycles. The van der Waals surface area contributed by atoms with Crippen molar-refractivity contribution >= 4 is 44.4 Å². The molecule has 0 spiro atoms. The Bertz CT molecular complexity index is 1630. The number of hydrogen-bond acceptors (Lipinski definition) is 7. The van der Waals surface area contributed by atoms with Crippen LogP contribution in [0.2, 0.25) is 0 Å². The molecule has 5 aromatic rings. The molecule has 0 saturated heterocycles. The third kappa shape index (κ3) is 3.92. The van der Waals surface area contributed by atoms with Gasteiger partial charge < -0.3 is 9.32 Å². The number of rotatable bonds is 6. The molecule has 0 fully saturated rings. The van der Waals surface area contributed by atoms with Crippen molar-refractivity contribution in [3.63, 3.8) is 0 Å². The molecule has 0 amide bonds. The molecule has 0 N–H and O–H groups in total. The zero-order valence-corrected chi connectivity index (χ0v) is 19.6. The van der Waals surface area contributed by atoms with Crippen LogP contribution in [0.3, 0.4) is 0 Å². The van der Waals surface area contributed by atoms with E-state index in [2.05, 4.69) is 28.8 Å². The molecule has 34 heavy (non-hydrogen) atoms. The molecular weight excluding hydrogens is 448 g/mol. The molecule has 0 bridgehead atoms. The van der Waals surface area contributed by atoms with Crippen molar-refractivity contribution in [3.8, 4) is 11.1 Å². The first-order valence-corrected chi connectivity index (χ1v) is 11.9. The van der Waals surface area contributed by atoms with E-state index in [0.29, 0.717) is 15.8 Å². The van der Waals surface area contributed by atoms with E-state index >= 15 is 0 Å². The number of benzene rings is 2. The Morgan fingerprint density at radius 2 is 1.88 bits per heavy atom. The maximum atomic E-state index is 13.2. The van der Waals surface area contributed by atoms with E-state index in [9.17, 15) is 9.59 Å². The van der Waals surface area contributed by atoms with E-state index in [4.69, 9.17) is 4.42 Å². The summed E-state index contributed by atoms with van der Waals surface area (Å²) in [5.41, 5.74) is 2.70. The lowest BCUT2D eigenvalue weighted by Gasteiger charge is -2.20. The maximum Gasteiger partial charge on any atom is 0.345 e. The molecule has 3 aromatic heterocycles. The van der Waals surface area contributed by atoms with Crippen molar-refractivity contribution in [2.75, 3.05) is 18.0 Å². The summed E-state index contributed by atoms with van der Waals surface area (Å²) in [6.07, 6.45) is 2.71. The fourth-order valence-corrected chi connectivity index (χ4v) is 4.86. The van der Waals surface area contributed by atoms with Crippen molar-refractivity contribution in [1.29, 1.82) is 0 Å². The van der Waals surface area contributed by atoms with Gasteiger partial charge in [0.2, 0.25) is 0 Å². The Hall–Kier alpha value is -4.04. The lowest BCUT2D eigenvalue weighted by Crippen LogP contribution is -2.21. The largest absolute Gasteiger partial charge is 0.422 e. The van der Waals surface area contributed by atoms with Gasteiger partial charge in [-0.3, -0.25) is 4.79 Å². The molecule has 7 nitrogen and oxygen atoms in total. The summed E-state index contributed by atoms with van der Waals surface area (Å²) >= 11 is 1.41. The quantitative estimate of drug-likeness (QED) is 0.259. The SMILES string of the molecule is CCN(CC)c1ccc2cc(C=Nn3cnc4scc(-c5ccccc5)c4c3=O)c(=O)oc2c1. The van der Waals surface area contributed by atoms with Gasteiger partial charge in [0.15, 0.2) is 0 Å². The van der Waals surface area contributed by atoms with Crippen molar-refractivity contribution in [2.45, 2.75) is 13.8 Å². The topological polar surface area (TPSA) is 80.7 Å². The van der Waals surface area contributed by atoms with E-state index < -0.39 is 5.63 Å². The highest BCUT2D eigenvalue weighted by Crippen LogP contribution is 2.30. The predicted molar refractivity (Wildman–Crippen MR) is 138 cm³/mol. The summed E-state index contributed by atoms with van der Waals surface area (Å²) < 4.78 is 6.70. The number of thiophene rings is 1. The summed E-state index contributed by atoms with van der Waals surface area (Å²) in [7, 11) is 0. The Labute approximate surface area is 199 Å². The van der Waals surface area contributed by atoms with Gasteiger partial charge in [0.05, 0.1) is 17.2 Å². The smallest absolute Gasteiger partial charge is 0.345 e. The van der Waals surface area contributed by atoms with Crippen LogP contribution in [0.4, 0.5) is 5.69 Å². The van der Waals surface area contributed by atoms with Crippen LogP contribution in [0, 0.1) is 0 Å². The third-order valence-corrected chi connectivity index (χ3v) is 6.65. The number of nitrogens with zero attached hydrogens (tertiary/aromatic N) is 4. The summed E-state index contributed by atoms with van der Waals surface area (Å²) in [6.45, 7) is 5.88. The molecule has 5 rings (SSSR count). The van der Waals surface area contributed by atoms with Crippen LogP contribution in [0.1, 0.15) is 19.4 Å². The fourth-order valence-electron chi connectivity index (χ4n) is 3.95. The highest BCUT2D eigenvalue weighted by atomic mass is 32.1. The molecule has 0 radical (unpaired) electrons. The Morgan fingerprint density at radius 1 is 1.09 bits per heavy atom. The minimum atomic E-state index is -0.518. The standard InChI is InChI=1S/C26H22N4O3S/c1-3-29(4-2)20-11-10-18-12-19(26(32)33-22(18)13-20)14-28-30-16-27-24-23(25(30)31)21(15-34-24)17-8-6-5-7-9-17/h5-16H,3-4H2,1-2H3. The normalized spacial score (nSPS) is 11.6. The van der Waals surface area contributed by atoms with Gasteiger partial charge in [-0.1, -0.05) is 30.3 Å². The van der Waals surface area contributed by atoms with Crippen LogP contribution >= 0.6 is 11.3 Å². The van der Waals surface area contributed by atoms with E-state index in [0.717, 1.165) is 40.0 Å². The van der Waals surface area contributed by atoms with Gasteiger partial charge >= 0.3 is 5.63 Å². The number of fused-ring (bicyclic) bond motifs is 2. The second kappa shape index (κ2) is 9.07. The molecule has 0 aliphatic rings. The monoisotopic (exact) mass is 470 g/mol. The first kappa shape index (κ1) is 21.8. The summed E-state index contributed by atoms with van der Waals surface area (Å²) in [5.74, 6) is 0. The average Bonchev–Trinajstić information content (AvgIpc) is 3.30. The maximum absolute atomic E-state index is 13.2. The number of hydrogen-bond donors (Lipinski definition) is 0. The van der Waals surface area contributed by atoms with Crippen LogP contribution in [0.15, 0.2) is 85.4 Å². The van der Waals surface area contributed by atoms with Crippen LogP contribution in [0.5, 0.6) is 0 Å². The molecule has 0 saturated carbocycles. The Morgan fingerprint density at radius 3 is 2.65 bits per heavy atom. The lowest BCUT2D eigenvalue weighted by atomic mass is 10.1. The second-order valence-corrected chi connectivity index (χ2v) is 8.58. The van der Waals surface area contributed by atoms with Crippen LogP contribution < -0.4 is 16.1 Å². The molecular formula is C26H22N4O3S. The lowest BCUT2D eigenvalue weighted by molar-refractivity contribution is 0.559.